The van der Waals surface area contributed by atoms with Gasteiger partial charge >= 0.3 is 0 Å². The number of nitrogens with zero attached hydrogens (tertiary/aromatic N) is 3. The van der Waals surface area contributed by atoms with Gasteiger partial charge in [0.2, 0.25) is 0 Å². The lowest BCUT2D eigenvalue weighted by Gasteiger charge is -2.12. The minimum Gasteiger partial charge on any atom is -0.383 e. The Kier molecular flexibility index (Phi) is 2.86. The van der Waals surface area contributed by atoms with Gasteiger partial charge < -0.3 is 10.6 Å². The first kappa shape index (κ1) is 12.5. The highest BCUT2D eigenvalue weighted by Gasteiger charge is 2.12. The molecule has 0 unspecified atom stereocenters. The molecule has 102 valence electrons. The zero-order valence-electron chi connectivity index (χ0n) is 12.0. The van der Waals surface area contributed by atoms with Crippen molar-refractivity contribution in [2.45, 2.75) is 6.92 Å². The zero-order valence-corrected chi connectivity index (χ0v) is 12.0. The van der Waals surface area contributed by atoms with E-state index in [0.717, 1.165) is 22.6 Å². The van der Waals surface area contributed by atoms with Crippen LogP contribution in [0, 0.1) is 6.92 Å². The third kappa shape index (κ3) is 1.99. The molecule has 0 amide bonds. The van der Waals surface area contributed by atoms with Crippen LogP contribution in [-0.2, 0) is 0 Å². The van der Waals surface area contributed by atoms with E-state index in [2.05, 4.69) is 24.0 Å². The van der Waals surface area contributed by atoms with Gasteiger partial charge in [0, 0.05) is 25.9 Å². The van der Waals surface area contributed by atoms with Gasteiger partial charge in [-0.3, -0.25) is 4.40 Å². The maximum Gasteiger partial charge on any atom is 0.139 e. The number of hydrogen-bond donors (Lipinski definition) is 1. The van der Waals surface area contributed by atoms with Gasteiger partial charge in [0.15, 0.2) is 0 Å². The average Bonchev–Trinajstić information content (AvgIpc) is 2.76. The molecule has 0 aliphatic rings. The molecule has 0 saturated carbocycles. The topological polar surface area (TPSA) is 46.6 Å². The van der Waals surface area contributed by atoms with Crippen LogP contribution in [-0.4, -0.2) is 23.5 Å². The van der Waals surface area contributed by atoms with Gasteiger partial charge in [0.1, 0.15) is 17.2 Å². The van der Waals surface area contributed by atoms with Crippen molar-refractivity contribution in [1.82, 2.24) is 9.38 Å². The van der Waals surface area contributed by atoms with E-state index >= 15 is 0 Å². The van der Waals surface area contributed by atoms with Crippen LogP contribution in [0.2, 0.25) is 0 Å². The molecule has 20 heavy (non-hydrogen) atoms. The van der Waals surface area contributed by atoms with Crippen LogP contribution in [0.1, 0.15) is 5.56 Å². The first-order valence-corrected chi connectivity index (χ1v) is 6.58. The molecule has 0 atom stereocenters. The van der Waals surface area contributed by atoms with Crippen LogP contribution in [0.4, 0.5) is 11.5 Å². The molecule has 3 rings (SSSR count). The second-order valence-corrected chi connectivity index (χ2v) is 5.23. The summed E-state index contributed by atoms with van der Waals surface area (Å²) in [6.45, 7) is 2.07. The predicted molar refractivity (Wildman–Crippen MR) is 84.1 cm³/mol. The number of imidazole rings is 1. The monoisotopic (exact) mass is 266 g/mol. The van der Waals surface area contributed by atoms with E-state index in [1.807, 2.05) is 53.9 Å². The quantitative estimate of drug-likeness (QED) is 0.775. The number of pyridine rings is 1. The largest absolute Gasteiger partial charge is 0.383 e. The summed E-state index contributed by atoms with van der Waals surface area (Å²) in [6.07, 6.45) is 2.01. The number of anilines is 2. The van der Waals surface area contributed by atoms with Gasteiger partial charge in [-0.25, -0.2) is 4.98 Å². The summed E-state index contributed by atoms with van der Waals surface area (Å²) in [5.74, 6) is 0.675. The van der Waals surface area contributed by atoms with Crippen molar-refractivity contribution in [3.63, 3.8) is 0 Å². The van der Waals surface area contributed by atoms with E-state index in [0.29, 0.717) is 5.82 Å². The molecule has 0 aliphatic heterocycles. The van der Waals surface area contributed by atoms with Gasteiger partial charge in [0.05, 0.1) is 5.69 Å². The number of hydrogen-bond acceptors (Lipinski definition) is 3. The zero-order chi connectivity index (χ0) is 14.3. The Labute approximate surface area is 118 Å². The molecule has 3 aromatic rings. The van der Waals surface area contributed by atoms with Crippen molar-refractivity contribution in [3.05, 3.63) is 48.2 Å². The highest BCUT2D eigenvalue weighted by molar-refractivity contribution is 5.76. The number of fused-ring (bicyclic) bond motifs is 1. The maximum atomic E-state index is 6.27. The second kappa shape index (κ2) is 4.56. The molecule has 4 heteroatoms. The lowest BCUT2D eigenvalue weighted by Crippen LogP contribution is -2.09. The Hall–Kier alpha value is -2.49. The molecular formula is C16H18N4. The van der Waals surface area contributed by atoms with E-state index in [-0.39, 0.29) is 0 Å². The first-order valence-electron chi connectivity index (χ1n) is 6.58. The van der Waals surface area contributed by atoms with E-state index in [1.165, 1.54) is 5.56 Å². The molecule has 0 bridgehead atoms. The number of nitrogens with two attached hydrogens (primary N) is 1. The minimum absolute atomic E-state index is 0.675. The van der Waals surface area contributed by atoms with Gasteiger partial charge in [-0.2, -0.15) is 0 Å². The van der Waals surface area contributed by atoms with Crippen molar-refractivity contribution < 1.29 is 0 Å². The summed E-state index contributed by atoms with van der Waals surface area (Å²) in [6, 6.07) is 12.3. The first-order chi connectivity index (χ1) is 9.56. The van der Waals surface area contributed by atoms with E-state index in [4.69, 9.17) is 5.73 Å². The lowest BCUT2D eigenvalue weighted by atomic mass is 10.1. The minimum atomic E-state index is 0.675. The number of aryl methyl sites for hydroxylation is 1. The van der Waals surface area contributed by atoms with Crippen LogP contribution in [0.3, 0.4) is 0 Å². The molecule has 1 aromatic carbocycles. The molecule has 2 aromatic heterocycles. The maximum absolute atomic E-state index is 6.27. The number of nitrogen functional groups attached to an aromatic ring is 1. The Balaban J connectivity index is 2.20. The fraction of sp³-hybridized carbons (Fsp3) is 0.188. The molecule has 2 N–H and O–H groups in total. The molecule has 0 aliphatic carbocycles. The molecule has 2 heterocycles. The van der Waals surface area contributed by atoms with Gasteiger partial charge in [0.25, 0.3) is 0 Å². The van der Waals surface area contributed by atoms with Crippen LogP contribution >= 0.6 is 0 Å². The molecular weight excluding hydrogens is 248 g/mol. The number of benzene rings is 1. The molecule has 4 nitrogen and oxygen atoms in total. The van der Waals surface area contributed by atoms with E-state index in [9.17, 15) is 0 Å². The van der Waals surface area contributed by atoms with Gasteiger partial charge in [-0.1, -0.05) is 23.8 Å². The second-order valence-electron chi connectivity index (χ2n) is 5.23. The number of aromatic nitrogens is 2. The Morgan fingerprint density at radius 3 is 2.65 bits per heavy atom. The fourth-order valence-corrected chi connectivity index (χ4v) is 2.32. The summed E-state index contributed by atoms with van der Waals surface area (Å²) < 4.78 is 1.94. The smallest absolute Gasteiger partial charge is 0.139 e. The summed E-state index contributed by atoms with van der Waals surface area (Å²) in [7, 11) is 4.02. The Morgan fingerprint density at radius 1 is 1.15 bits per heavy atom. The van der Waals surface area contributed by atoms with Crippen molar-refractivity contribution in [3.8, 4) is 11.3 Å². The SMILES string of the molecule is Cc1cccc(-c2nc3ccc(N(C)C)cn3c2N)c1. The normalized spacial score (nSPS) is 10.9. The van der Waals surface area contributed by atoms with E-state index in [1.54, 1.807) is 0 Å². The van der Waals surface area contributed by atoms with Crippen molar-refractivity contribution in [2.24, 2.45) is 0 Å². The van der Waals surface area contributed by atoms with Gasteiger partial charge in [-0.15, -0.1) is 0 Å². The summed E-state index contributed by atoms with van der Waals surface area (Å²) in [4.78, 5) is 6.69. The van der Waals surface area contributed by atoms with Crippen LogP contribution in [0.25, 0.3) is 16.9 Å². The fourth-order valence-electron chi connectivity index (χ4n) is 2.32. The average molecular weight is 266 g/mol. The third-order valence-electron chi connectivity index (χ3n) is 3.45. The lowest BCUT2D eigenvalue weighted by molar-refractivity contribution is 1.09. The number of rotatable bonds is 2. The highest BCUT2D eigenvalue weighted by Crippen LogP contribution is 2.28. The molecule has 0 spiro atoms. The highest BCUT2D eigenvalue weighted by atomic mass is 15.1. The Bertz CT molecular complexity index is 771. The molecule has 0 radical (unpaired) electrons. The third-order valence-corrected chi connectivity index (χ3v) is 3.45. The summed E-state index contributed by atoms with van der Waals surface area (Å²) in [5, 5.41) is 0. The van der Waals surface area contributed by atoms with Crippen LogP contribution in [0.15, 0.2) is 42.6 Å². The van der Waals surface area contributed by atoms with Crippen molar-refractivity contribution >= 4 is 17.2 Å². The predicted octanol–water partition coefficient (Wildman–Crippen LogP) is 2.96. The summed E-state index contributed by atoms with van der Waals surface area (Å²) >= 11 is 0. The summed E-state index contributed by atoms with van der Waals surface area (Å²) in [5.41, 5.74) is 11.3. The van der Waals surface area contributed by atoms with Crippen LogP contribution in [0.5, 0.6) is 0 Å². The standard InChI is InChI=1S/C16H18N4/c1-11-5-4-6-12(9-11)15-16(17)20-10-13(19(2)3)7-8-14(20)18-15/h4-10H,17H2,1-3H3. The van der Waals surface area contributed by atoms with Crippen molar-refractivity contribution in [1.29, 1.82) is 0 Å². The van der Waals surface area contributed by atoms with Gasteiger partial charge in [-0.05, 0) is 25.1 Å². The molecule has 0 saturated heterocycles. The van der Waals surface area contributed by atoms with E-state index < -0.39 is 0 Å². The van der Waals surface area contributed by atoms with Crippen LogP contribution < -0.4 is 10.6 Å². The Morgan fingerprint density at radius 2 is 1.95 bits per heavy atom. The van der Waals surface area contributed by atoms with Crippen molar-refractivity contribution in [2.75, 3.05) is 24.7 Å². The molecule has 0 fully saturated rings.